The first-order valence-corrected chi connectivity index (χ1v) is 9.95. The smallest absolute Gasteiger partial charge is 0.0644 e. The first-order chi connectivity index (χ1) is 12.7. The Morgan fingerprint density at radius 2 is 1.92 bits per heavy atom. The van der Waals surface area contributed by atoms with Crippen molar-refractivity contribution < 1.29 is 0 Å². The zero-order valence-electron chi connectivity index (χ0n) is 15.1. The van der Waals surface area contributed by atoms with Crippen LogP contribution in [0, 0.1) is 6.92 Å². The van der Waals surface area contributed by atoms with Crippen molar-refractivity contribution >= 4 is 22.2 Å². The summed E-state index contributed by atoms with van der Waals surface area (Å²) in [4.78, 5) is 6.60. The van der Waals surface area contributed by atoms with Crippen molar-refractivity contribution in [2.45, 2.75) is 19.9 Å². The van der Waals surface area contributed by atoms with E-state index in [9.17, 15) is 0 Å². The van der Waals surface area contributed by atoms with E-state index in [4.69, 9.17) is 0 Å². The van der Waals surface area contributed by atoms with E-state index < -0.39 is 0 Å². The lowest BCUT2D eigenvalue weighted by molar-refractivity contribution is 0.311. The van der Waals surface area contributed by atoms with Crippen LogP contribution in [-0.2, 0) is 13.0 Å². The summed E-state index contributed by atoms with van der Waals surface area (Å²) < 4.78 is 2.50. The molecule has 26 heavy (non-hydrogen) atoms. The molecule has 130 valence electrons. The van der Waals surface area contributed by atoms with E-state index in [1.165, 1.54) is 44.5 Å². The molecule has 0 fully saturated rings. The van der Waals surface area contributed by atoms with Gasteiger partial charge in [-0.1, -0.05) is 11.6 Å². The van der Waals surface area contributed by atoms with Crippen molar-refractivity contribution in [3.8, 4) is 16.8 Å². The van der Waals surface area contributed by atoms with Crippen LogP contribution in [0.15, 0.2) is 53.5 Å². The van der Waals surface area contributed by atoms with Crippen LogP contribution >= 0.6 is 11.3 Å². The van der Waals surface area contributed by atoms with E-state index in [-0.39, 0.29) is 0 Å². The number of aryl methyl sites for hydroxylation is 1. The van der Waals surface area contributed by atoms with Gasteiger partial charge in [-0.05, 0) is 49.4 Å². The molecule has 4 heterocycles. The molecule has 3 nitrogen and oxygen atoms in total. The first kappa shape index (κ1) is 15.8. The van der Waals surface area contributed by atoms with Gasteiger partial charge >= 0.3 is 0 Å². The third-order valence-electron chi connectivity index (χ3n) is 5.37. The molecular formula is C22H21N3S. The maximum atomic E-state index is 4.18. The quantitative estimate of drug-likeness (QED) is 0.499. The normalized spacial score (nSPS) is 14.7. The molecule has 4 aromatic rings. The fourth-order valence-electron chi connectivity index (χ4n) is 4.09. The largest absolute Gasteiger partial charge is 0.312 e. The number of benzene rings is 1. The van der Waals surface area contributed by atoms with Gasteiger partial charge in [0, 0.05) is 59.3 Å². The Labute approximate surface area is 157 Å². The standard InChI is InChI=1S/C22H21N3S/c1-15-3-4-20-17(11-15)18-12-24(2)10-7-21(18)25(20)22-14-26-13-19(22)16-5-8-23-9-6-16/h3-6,8-9,11,13-14H,7,10,12H2,1-2H3. The molecule has 1 aliphatic rings. The number of thiophene rings is 1. The Bertz CT molecular complexity index is 1090. The topological polar surface area (TPSA) is 21.1 Å². The van der Waals surface area contributed by atoms with Crippen molar-refractivity contribution in [3.05, 3.63) is 70.3 Å². The Hall–Kier alpha value is -2.43. The predicted octanol–water partition coefficient (Wildman–Crippen LogP) is 5.05. The molecule has 0 radical (unpaired) electrons. The highest BCUT2D eigenvalue weighted by Gasteiger charge is 2.24. The summed E-state index contributed by atoms with van der Waals surface area (Å²) in [5, 5.41) is 5.94. The summed E-state index contributed by atoms with van der Waals surface area (Å²) in [5.41, 5.74) is 9.42. The van der Waals surface area contributed by atoms with Crippen molar-refractivity contribution in [3.63, 3.8) is 0 Å². The van der Waals surface area contributed by atoms with Gasteiger partial charge in [0.25, 0.3) is 0 Å². The van der Waals surface area contributed by atoms with Crippen molar-refractivity contribution in [2.24, 2.45) is 0 Å². The molecule has 0 saturated heterocycles. The van der Waals surface area contributed by atoms with Gasteiger partial charge < -0.3 is 9.47 Å². The minimum Gasteiger partial charge on any atom is -0.312 e. The maximum absolute atomic E-state index is 4.18. The molecule has 5 rings (SSSR count). The first-order valence-electron chi connectivity index (χ1n) is 9.00. The van der Waals surface area contributed by atoms with Gasteiger partial charge in [-0.3, -0.25) is 4.98 Å². The molecule has 0 atom stereocenters. The van der Waals surface area contributed by atoms with E-state index in [0.29, 0.717) is 0 Å². The fourth-order valence-corrected chi connectivity index (χ4v) is 4.92. The monoisotopic (exact) mass is 359 g/mol. The number of hydrogen-bond donors (Lipinski definition) is 0. The summed E-state index contributed by atoms with van der Waals surface area (Å²) in [7, 11) is 2.22. The van der Waals surface area contributed by atoms with E-state index in [1.54, 1.807) is 11.3 Å². The summed E-state index contributed by atoms with van der Waals surface area (Å²) in [6.45, 7) is 4.32. The highest BCUT2D eigenvalue weighted by Crippen LogP contribution is 2.38. The predicted molar refractivity (Wildman–Crippen MR) is 109 cm³/mol. The molecule has 3 aromatic heterocycles. The third-order valence-corrected chi connectivity index (χ3v) is 6.10. The van der Waals surface area contributed by atoms with Crippen LogP contribution in [0.1, 0.15) is 16.8 Å². The van der Waals surface area contributed by atoms with Gasteiger partial charge in [0.05, 0.1) is 11.2 Å². The van der Waals surface area contributed by atoms with E-state index in [2.05, 4.69) is 69.5 Å². The van der Waals surface area contributed by atoms with E-state index in [1.807, 2.05) is 12.4 Å². The summed E-state index contributed by atoms with van der Waals surface area (Å²) in [5.74, 6) is 0. The Morgan fingerprint density at radius 1 is 1.08 bits per heavy atom. The average molecular weight is 359 g/mol. The lowest BCUT2D eigenvalue weighted by Gasteiger charge is -2.24. The summed E-state index contributed by atoms with van der Waals surface area (Å²) in [6, 6.07) is 11.1. The number of nitrogens with zero attached hydrogens (tertiary/aromatic N) is 3. The Morgan fingerprint density at radius 3 is 2.77 bits per heavy atom. The van der Waals surface area contributed by atoms with Gasteiger partial charge in [-0.2, -0.15) is 0 Å². The molecule has 0 N–H and O–H groups in total. The Balaban J connectivity index is 1.81. The van der Waals surface area contributed by atoms with Gasteiger partial charge in [0.2, 0.25) is 0 Å². The van der Waals surface area contributed by atoms with Crippen LogP contribution in [0.25, 0.3) is 27.7 Å². The minimum absolute atomic E-state index is 1.02. The number of hydrogen-bond acceptors (Lipinski definition) is 3. The van der Waals surface area contributed by atoms with Crippen LogP contribution < -0.4 is 0 Å². The molecule has 0 spiro atoms. The molecule has 4 heteroatoms. The minimum atomic E-state index is 1.02. The number of likely N-dealkylation sites (N-methyl/N-ethyl adjacent to an activating group) is 1. The molecule has 0 bridgehead atoms. The fraction of sp³-hybridized carbons (Fsp3) is 0.227. The van der Waals surface area contributed by atoms with Gasteiger partial charge in [0.15, 0.2) is 0 Å². The molecule has 0 saturated carbocycles. The van der Waals surface area contributed by atoms with Crippen LogP contribution in [0.4, 0.5) is 0 Å². The van der Waals surface area contributed by atoms with Gasteiger partial charge in [-0.25, -0.2) is 0 Å². The molecule has 1 aliphatic heterocycles. The zero-order valence-corrected chi connectivity index (χ0v) is 15.9. The van der Waals surface area contributed by atoms with Crippen molar-refractivity contribution in [1.82, 2.24) is 14.5 Å². The zero-order chi connectivity index (χ0) is 17.7. The summed E-state index contributed by atoms with van der Waals surface area (Å²) >= 11 is 1.77. The molecule has 1 aromatic carbocycles. The second-order valence-corrected chi connectivity index (χ2v) is 7.92. The van der Waals surface area contributed by atoms with Crippen LogP contribution in [0.5, 0.6) is 0 Å². The SMILES string of the molecule is Cc1ccc2c(c1)c1c(n2-c2cscc2-c2ccncc2)CCN(C)C1. The summed E-state index contributed by atoms with van der Waals surface area (Å²) in [6.07, 6.45) is 4.84. The molecule has 0 amide bonds. The molecular weight excluding hydrogens is 338 g/mol. The third kappa shape index (κ3) is 2.41. The molecule has 0 unspecified atom stereocenters. The average Bonchev–Trinajstić information content (AvgIpc) is 3.24. The lowest BCUT2D eigenvalue weighted by atomic mass is 10.0. The van der Waals surface area contributed by atoms with Gasteiger partial charge in [0.1, 0.15) is 0 Å². The maximum Gasteiger partial charge on any atom is 0.0644 e. The lowest BCUT2D eigenvalue weighted by Crippen LogP contribution is -2.27. The van der Waals surface area contributed by atoms with Crippen LogP contribution in [0.3, 0.4) is 0 Å². The van der Waals surface area contributed by atoms with E-state index >= 15 is 0 Å². The number of fused-ring (bicyclic) bond motifs is 3. The highest BCUT2D eigenvalue weighted by atomic mass is 32.1. The second-order valence-electron chi connectivity index (χ2n) is 7.18. The van der Waals surface area contributed by atoms with Crippen molar-refractivity contribution in [1.29, 1.82) is 0 Å². The number of rotatable bonds is 2. The highest BCUT2D eigenvalue weighted by molar-refractivity contribution is 7.08. The van der Waals surface area contributed by atoms with Gasteiger partial charge in [-0.15, -0.1) is 11.3 Å². The van der Waals surface area contributed by atoms with Crippen LogP contribution in [0.2, 0.25) is 0 Å². The Kier molecular flexibility index (Phi) is 3.69. The van der Waals surface area contributed by atoms with Crippen molar-refractivity contribution in [2.75, 3.05) is 13.6 Å². The van der Waals surface area contributed by atoms with Crippen LogP contribution in [-0.4, -0.2) is 28.0 Å². The number of aromatic nitrogens is 2. The second kappa shape index (κ2) is 6.08. The molecule has 0 aliphatic carbocycles. The number of pyridine rings is 1. The van der Waals surface area contributed by atoms with E-state index in [0.717, 1.165) is 19.5 Å².